The normalized spacial score (nSPS) is 20.6. The Balaban J connectivity index is 1.35. The molecule has 3 heterocycles. The standard InChI is InChI=1S/C21H25N3O3S/c1-27-19-7-3-2-6-18(19)24-14-16(13-20(24)25)21(26)23-10-8-22(9-11-23)15-17-5-4-12-28-17/h2-7,12,16H,8-11,13-15H2,1H3. The first-order valence-corrected chi connectivity index (χ1v) is 10.5. The highest BCUT2D eigenvalue weighted by Gasteiger charge is 2.38. The van der Waals surface area contributed by atoms with Crippen molar-refractivity contribution >= 4 is 28.8 Å². The number of nitrogens with zero attached hydrogens (tertiary/aromatic N) is 3. The Morgan fingerprint density at radius 3 is 2.64 bits per heavy atom. The topological polar surface area (TPSA) is 53.1 Å². The molecule has 0 saturated carbocycles. The van der Waals surface area contributed by atoms with Crippen LogP contribution in [-0.4, -0.2) is 61.4 Å². The number of rotatable bonds is 5. The quantitative estimate of drug-likeness (QED) is 0.775. The summed E-state index contributed by atoms with van der Waals surface area (Å²) in [5, 5.41) is 2.10. The molecular weight excluding hydrogens is 374 g/mol. The Labute approximate surface area is 169 Å². The summed E-state index contributed by atoms with van der Waals surface area (Å²) < 4.78 is 5.38. The third kappa shape index (κ3) is 3.91. The number of amides is 2. The van der Waals surface area contributed by atoms with Crippen LogP contribution in [0.25, 0.3) is 0 Å². The molecule has 6 nitrogen and oxygen atoms in total. The number of para-hydroxylation sites is 2. The molecule has 2 aliphatic rings. The van der Waals surface area contributed by atoms with Gasteiger partial charge in [-0.3, -0.25) is 14.5 Å². The molecule has 148 valence electrons. The van der Waals surface area contributed by atoms with E-state index < -0.39 is 0 Å². The van der Waals surface area contributed by atoms with Gasteiger partial charge >= 0.3 is 0 Å². The van der Waals surface area contributed by atoms with Crippen LogP contribution in [0, 0.1) is 5.92 Å². The molecule has 1 aromatic carbocycles. The molecule has 0 spiro atoms. The SMILES string of the molecule is COc1ccccc1N1CC(C(=O)N2CCN(Cc3cccs3)CC2)CC1=O. The Morgan fingerprint density at radius 1 is 1.14 bits per heavy atom. The van der Waals surface area contributed by atoms with Crippen molar-refractivity contribution in [1.82, 2.24) is 9.80 Å². The van der Waals surface area contributed by atoms with Gasteiger partial charge in [0.2, 0.25) is 11.8 Å². The Morgan fingerprint density at radius 2 is 1.93 bits per heavy atom. The maximum atomic E-state index is 13.0. The van der Waals surface area contributed by atoms with Crippen LogP contribution in [0.5, 0.6) is 5.75 Å². The number of carbonyl (C=O) groups is 2. The van der Waals surface area contributed by atoms with Crippen LogP contribution in [0.2, 0.25) is 0 Å². The summed E-state index contributed by atoms with van der Waals surface area (Å²) in [6.45, 7) is 4.57. The van der Waals surface area contributed by atoms with E-state index in [9.17, 15) is 9.59 Å². The Bertz CT molecular complexity index is 831. The van der Waals surface area contributed by atoms with Gasteiger partial charge in [0.25, 0.3) is 0 Å². The highest BCUT2D eigenvalue weighted by molar-refractivity contribution is 7.09. The number of thiophene rings is 1. The molecule has 2 saturated heterocycles. The smallest absolute Gasteiger partial charge is 0.228 e. The fourth-order valence-corrected chi connectivity index (χ4v) is 4.71. The molecule has 1 aromatic heterocycles. The number of anilines is 1. The van der Waals surface area contributed by atoms with Gasteiger partial charge in [0.15, 0.2) is 0 Å². The van der Waals surface area contributed by atoms with Crippen molar-refractivity contribution in [3.05, 3.63) is 46.7 Å². The third-order valence-corrected chi connectivity index (χ3v) is 6.35. The van der Waals surface area contributed by atoms with E-state index in [4.69, 9.17) is 4.74 Å². The monoisotopic (exact) mass is 399 g/mol. The van der Waals surface area contributed by atoms with Crippen LogP contribution < -0.4 is 9.64 Å². The molecule has 1 unspecified atom stereocenters. The summed E-state index contributed by atoms with van der Waals surface area (Å²) in [5.41, 5.74) is 0.742. The van der Waals surface area contributed by atoms with Crippen molar-refractivity contribution in [3.63, 3.8) is 0 Å². The summed E-state index contributed by atoms with van der Waals surface area (Å²) in [6.07, 6.45) is 0.270. The van der Waals surface area contributed by atoms with Gasteiger partial charge in [-0.1, -0.05) is 18.2 Å². The number of hydrogen-bond donors (Lipinski definition) is 0. The summed E-state index contributed by atoms with van der Waals surface area (Å²) in [7, 11) is 1.59. The first kappa shape index (κ1) is 19.0. The Hall–Kier alpha value is -2.38. The first-order chi connectivity index (χ1) is 13.7. The molecule has 0 bridgehead atoms. The average Bonchev–Trinajstić information content (AvgIpc) is 3.37. The number of ether oxygens (including phenoxy) is 1. The van der Waals surface area contributed by atoms with Crippen molar-refractivity contribution < 1.29 is 14.3 Å². The second-order valence-corrected chi connectivity index (χ2v) is 8.29. The van der Waals surface area contributed by atoms with Gasteiger partial charge in [-0.05, 0) is 23.6 Å². The minimum atomic E-state index is -0.277. The lowest BCUT2D eigenvalue weighted by Gasteiger charge is -2.35. The van der Waals surface area contributed by atoms with Gasteiger partial charge in [-0.25, -0.2) is 0 Å². The molecule has 2 aliphatic heterocycles. The second kappa shape index (κ2) is 8.32. The molecule has 7 heteroatoms. The predicted octanol–water partition coefficient (Wildman–Crippen LogP) is 2.45. The third-order valence-electron chi connectivity index (χ3n) is 5.49. The molecule has 0 aliphatic carbocycles. The highest BCUT2D eigenvalue weighted by Crippen LogP contribution is 2.33. The molecule has 28 heavy (non-hydrogen) atoms. The summed E-state index contributed by atoms with van der Waals surface area (Å²) in [6, 6.07) is 11.7. The van der Waals surface area contributed by atoms with Gasteiger partial charge in [-0.15, -0.1) is 11.3 Å². The molecule has 4 rings (SSSR count). The highest BCUT2D eigenvalue weighted by atomic mass is 32.1. The molecule has 1 atom stereocenters. The van der Waals surface area contributed by atoms with Crippen molar-refractivity contribution in [2.45, 2.75) is 13.0 Å². The van der Waals surface area contributed by atoms with Gasteiger partial charge in [0, 0.05) is 50.6 Å². The summed E-state index contributed by atoms with van der Waals surface area (Å²) in [4.78, 5) is 32.9. The van der Waals surface area contributed by atoms with Crippen molar-refractivity contribution in [1.29, 1.82) is 0 Å². The minimum Gasteiger partial charge on any atom is -0.495 e. The van der Waals surface area contributed by atoms with Crippen LogP contribution in [0.3, 0.4) is 0 Å². The molecular formula is C21H25N3O3S. The molecule has 2 amide bonds. The van der Waals surface area contributed by atoms with Crippen LogP contribution in [0.4, 0.5) is 5.69 Å². The lowest BCUT2D eigenvalue weighted by atomic mass is 10.1. The van der Waals surface area contributed by atoms with E-state index in [-0.39, 0.29) is 24.2 Å². The van der Waals surface area contributed by atoms with E-state index in [1.165, 1.54) is 4.88 Å². The van der Waals surface area contributed by atoms with Gasteiger partial charge in [-0.2, -0.15) is 0 Å². The van der Waals surface area contributed by atoms with E-state index in [1.807, 2.05) is 29.2 Å². The maximum Gasteiger partial charge on any atom is 0.228 e. The summed E-state index contributed by atoms with van der Waals surface area (Å²) >= 11 is 1.77. The van der Waals surface area contributed by atoms with Crippen LogP contribution in [-0.2, 0) is 16.1 Å². The van der Waals surface area contributed by atoms with Gasteiger partial charge < -0.3 is 14.5 Å². The van der Waals surface area contributed by atoms with Crippen molar-refractivity contribution in [2.24, 2.45) is 5.92 Å². The number of benzene rings is 1. The average molecular weight is 400 g/mol. The first-order valence-electron chi connectivity index (χ1n) is 9.62. The van der Waals surface area contributed by atoms with E-state index in [0.29, 0.717) is 12.3 Å². The molecule has 2 fully saturated rings. The van der Waals surface area contributed by atoms with E-state index in [1.54, 1.807) is 23.3 Å². The lowest BCUT2D eigenvalue weighted by Crippen LogP contribution is -2.50. The minimum absolute atomic E-state index is 0.0146. The second-order valence-electron chi connectivity index (χ2n) is 7.26. The van der Waals surface area contributed by atoms with Crippen LogP contribution in [0.1, 0.15) is 11.3 Å². The number of carbonyl (C=O) groups excluding carboxylic acids is 2. The zero-order chi connectivity index (χ0) is 19.5. The fourth-order valence-electron chi connectivity index (χ4n) is 3.97. The van der Waals surface area contributed by atoms with Crippen LogP contribution in [0.15, 0.2) is 41.8 Å². The van der Waals surface area contributed by atoms with E-state index in [0.717, 1.165) is 38.4 Å². The predicted molar refractivity (Wildman–Crippen MR) is 110 cm³/mol. The van der Waals surface area contributed by atoms with Gasteiger partial charge in [0.05, 0.1) is 18.7 Å². The number of piperazine rings is 1. The molecule has 0 N–H and O–H groups in total. The number of hydrogen-bond acceptors (Lipinski definition) is 5. The van der Waals surface area contributed by atoms with E-state index >= 15 is 0 Å². The molecule has 2 aromatic rings. The fraction of sp³-hybridized carbons (Fsp3) is 0.429. The zero-order valence-corrected chi connectivity index (χ0v) is 16.9. The van der Waals surface area contributed by atoms with Crippen molar-refractivity contribution in [2.75, 3.05) is 44.7 Å². The van der Waals surface area contributed by atoms with Crippen LogP contribution >= 0.6 is 11.3 Å². The van der Waals surface area contributed by atoms with Gasteiger partial charge in [0.1, 0.15) is 5.75 Å². The van der Waals surface area contributed by atoms with E-state index in [2.05, 4.69) is 22.4 Å². The summed E-state index contributed by atoms with van der Waals surface area (Å²) in [5.74, 6) is 0.466. The zero-order valence-electron chi connectivity index (χ0n) is 16.0. The molecule has 0 radical (unpaired) electrons. The maximum absolute atomic E-state index is 13.0. The lowest BCUT2D eigenvalue weighted by molar-refractivity contribution is -0.137. The Kier molecular flexibility index (Phi) is 5.64. The largest absolute Gasteiger partial charge is 0.495 e. The number of methoxy groups -OCH3 is 1. The van der Waals surface area contributed by atoms with Crippen molar-refractivity contribution in [3.8, 4) is 5.75 Å².